The summed E-state index contributed by atoms with van der Waals surface area (Å²) in [5, 5.41) is 14.0. The second-order valence-corrected chi connectivity index (χ2v) is 19.9. The van der Waals surface area contributed by atoms with Crippen LogP contribution in [0.25, 0.3) is 10.2 Å². The fourth-order valence-corrected chi connectivity index (χ4v) is 7.96. The number of hydrogen-bond donors (Lipinski definition) is 4. The van der Waals surface area contributed by atoms with Gasteiger partial charge in [-0.05, 0) is 87.4 Å². The van der Waals surface area contributed by atoms with Crippen molar-refractivity contribution < 1.29 is 60.7 Å². The lowest BCUT2D eigenvalue weighted by Gasteiger charge is -2.42. The van der Waals surface area contributed by atoms with Crippen LogP contribution in [0.5, 0.6) is 5.75 Å². The lowest BCUT2D eigenvalue weighted by molar-refractivity contribution is -0.170. The van der Waals surface area contributed by atoms with Gasteiger partial charge in [-0.1, -0.05) is 16.5 Å². The smallest absolute Gasteiger partial charge is 0.413 e. The molecule has 60 heavy (non-hydrogen) atoms. The third-order valence-electron chi connectivity index (χ3n) is 8.00. The molecule has 4 heterocycles. The van der Waals surface area contributed by atoms with Crippen LogP contribution in [0.2, 0.25) is 0 Å². The lowest BCUT2D eigenvalue weighted by atomic mass is 10.0. The summed E-state index contributed by atoms with van der Waals surface area (Å²) in [5.41, 5.74) is -2.48. The molecule has 2 fully saturated rings. The Kier molecular flexibility index (Phi) is 13.2. The number of hydrogen-bond acceptors (Lipinski definition) is 18. The summed E-state index contributed by atoms with van der Waals surface area (Å²) >= 11 is 2.24. The van der Waals surface area contributed by atoms with Crippen LogP contribution >= 0.6 is 22.7 Å². The zero-order chi connectivity index (χ0) is 44.5. The molecule has 21 nitrogen and oxygen atoms in total. The Morgan fingerprint density at radius 2 is 1.62 bits per heavy atom. The minimum Gasteiger partial charge on any atom is -0.489 e. The summed E-state index contributed by atoms with van der Waals surface area (Å²) in [6.07, 6.45) is -2.80. The molecule has 2 aromatic heterocycles. The molecule has 0 spiro atoms. The Labute approximate surface area is 354 Å². The molecule has 1 aromatic carbocycles. The van der Waals surface area contributed by atoms with E-state index < -0.39 is 81.5 Å². The summed E-state index contributed by atoms with van der Waals surface area (Å²) < 4.78 is 55.8. The molecule has 3 aromatic rings. The van der Waals surface area contributed by atoms with Gasteiger partial charge in [0.25, 0.3) is 17.9 Å². The van der Waals surface area contributed by atoms with Gasteiger partial charge in [-0.3, -0.25) is 19.5 Å². The Hall–Kier alpha value is -5.33. The van der Waals surface area contributed by atoms with E-state index in [1.807, 2.05) is 0 Å². The molecule has 24 heteroatoms. The van der Waals surface area contributed by atoms with Crippen molar-refractivity contribution in [3.8, 4) is 5.75 Å². The Bertz CT molecular complexity index is 2270. The third-order valence-corrected chi connectivity index (χ3v) is 10.7. The number of rotatable bonds is 13. The lowest BCUT2D eigenvalue weighted by Crippen LogP contribution is -2.71. The number of ether oxygens (including phenoxy) is 4. The largest absolute Gasteiger partial charge is 0.489 e. The van der Waals surface area contributed by atoms with Crippen LogP contribution in [0, 0.1) is 0 Å². The first-order chi connectivity index (χ1) is 27.7. The molecule has 0 bridgehead atoms. The number of likely N-dealkylation sites (tertiary alicyclic amines) is 1. The van der Waals surface area contributed by atoms with Gasteiger partial charge in [0.15, 0.2) is 16.0 Å². The fourth-order valence-electron chi connectivity index (χ4n) is 5.42. The van der Waals surface area contributed by atoms with E-state index in [1.54, 1.807) is 85.4 Å². The fraction of sp³-hybridized carbons (Fsp3) is 0.556. The summed E-state index contributed by atoms with van der Waals surface area (Å²) in [5.74, 6) is -2.77. The number of nitrogens with one attached hydrogen (secondary N) is 3. The molecule has 0 radical (unpaired) electrons. The average molecular weight is 897 g/mol. The van der Waals surface area contributed by atoms with Crippen LogP contribution in [0.3, 0.4) is 0 Å². The highest BCUT2D eigenvalue weighted by atomic mass is 32.2. The van der Waals surface area contributed by atoms with E-state index in [2.05, 4.69) is 31.1 Å². The first kappa shape index (κ1) is 45.7. The molecule has 2 aliphatic rings. The quantitative estimate of drug-likeness (QED) is 0.0469. The number of benzene rings is 1. The van der Waals surface area contributed by atoms with Gasteiger partial charge >= 0.3 is 28.5 Å². The Balaban J connectivity index is 1.33. The first-order valence-corrected chi connectivity index (χ1v) is 21.6. The van der Waals surface area contributed by atoms with Gasteiger partial charge < -0.3 is 39.3 Å². The second-order valence-electron chi connectivity index (χ2n) is 16.7. The third kappa shape index (κ3) is 12.1. The van der Waals surface area contributed by atoms with Crippen molar-refractivity contribution >= 4 is 89.1 Å². The van der Waals surface area contributed by atoms with Gasteiger partial charge in [0.1, 0.15) is 40.9 Å². The predicted octanol–water partition coefficient (Wildman–Crippen LogP) is 4.16. The van der Waals surface area contributed by atoms with Crippen LogP contribution in [-0.2, 0) is 43.7 Å². The molecule has 5 rings (SSSR count). The number of thiazole rings is 2. The monoisotopic (exact) mass is 896 g/mol. The number of carbonyl (C=O) groups excluding carboxylic acids is 5. The summed E-state index contributed by atoms with van der Waals surface area (Å²) in [6.45, 7) is 17.0. The number of β-lactam (4-membered cyclic amide) rings is 1. The molecule has 4 amide bonds. The standard InChI is InChI=1S/C36H48N8O13S3/c1-18-25(28(46)44(18)60(50,51)52)40-27(45)26(22-17-58-30(39-22)41-32(48)55-35(5,6)7)42-57-23(29(47)54-34(2,3)4)16-53-20-11-12-21-24(13-20)59-31(38-21)37-19-14-43(15-19)33(49)56-36(8,9)10/h11-13,17-19,23,25H,14-16H2,1-10H3,(H,37,38)(H,40,45)(H,39,41,48)(H,50,51,52)/b42-26-/t18-,23?,25-/m0/s1. The van der Waals surface area contributed by atoms with Crippen LogP contribution in [-0.4, -0.2) is 129 Å². The number of anilines is 2. The highest BCUT2D eigenvalue weighted by Gasteiger charge is 2.51. The number of nitrogens with zero attached hydrogens (tertiary/aromatic N) is 5. The van der Waals surface area contributed by atoms with E-state index >= 15 is 0 Å². The van der Waals surface area contributed by atoms with E-state index in [4.69, 9.17) is 23.8 Å². The molecule has 0 saturated carbocycles. The van der Waals surface area contributed by atoms with Gasteiger partial charge in [0.2, 0.25) is 0 Å². The van der Waals surface area contributed by atoms with E-state index in [0.29, 0.717) is 29.5 Å². The number of aromatic nitrogens is 2. The zero-order valence-corrected chi connectivity index (χ0v) is 37.0. The van der Waals surface area contributed by atoms with Crippen LogP contribution in [0.4, 0.5) is 19.9 Å². The summed E-state index contributed by atoms with van der Waals surface area (Å²) in [4.78, 5) is 80.5. The first-order valence-electron chi connectivity index (χ1n) is 18.5. The molecular formula is C36H48N8O13S3. The van der Waals surface area contributed by atoms with Crippen molar-refractivity contribution in [3.63, 3.8) is 0 Å². The molecule has 4 N–H and O–H groups in total. The molecule has 2 aliphatic heterocycles. The van der Waals surface area contributed by atoms with Gasteiger partial charge in [-0.25, -0.2) is 28.7 Å². The van der Waals surface area contributed by atoms with Crippen LogP contribution in [0.1, 0.15) is 74.9 Å². The van der Waals surface area contributed by atoms with Crippen LogP contribution in [0.15, 0.2) is 28.7 Å². The topological polar surface area (TPSA) is 267 Å². The predicted molar refractivity (Wildman–Crippen MR) is 219 cm³/mol. The maximum atomic E-state index is 13.7. The molecule has 0 aliphatic carbocycles. The SMILES string of the molecule is C[C@H]1[C@H](NC(=O)/C(=N\OC(COc2ccc3nc(NC4CN(C(=O)OC(C)(C)C)C4)sc3c2)C(=O)OC(C)(C)C)c2csc(NC(=O)OC(C)(C)C)n2)C(=O)N1S(=O)(=O)O. The number of amides is 4. The normalized spacial score (nSPS) is 18.2. The Morgan fingerprint density at radius 1 is 0.967 bits per heavy atom. The average Bonchev–Trinajstić information content (AvgIpc) is 3.69. The van der Waals surface area contributed by atoms with Crippen molar-refractivity contribution in [2.75, 3.05) is 30.3 Å². The Morgan fingerprint density at radius 3 is 2.22 bits per heavy atom. The molecule has 2 saturated heterocycles. The number of carbonyl (C=O) groups is 5. The second kappa shape index (κ2) is 17.3. The highest BCUT2D eigenvalue weighted by molar-refractivity contribution is 7.84. The van der Waals surface area contributed by atoms with Crippen molar-refractivity contribution in [1.82, 2.24) is 24.5 Å². The van der Waals surface area contributed by atoms with Crippen LogP contribution < -0.4 is 20.7 Å². The number of esters is 1. The minimum absolute atomic E-state index is 0.00955. The van der Waals surface area contributed by atoms with Crippen molar-refractivity contribution in [2.45, 2.75) is 110 Å². The number of fused-ring (bicyclic) bond motifs is 1. The van der Waals surface area contributed by atoms with Gasteiger partial charge in [0.05, 0.1) is 22.3 Å². The molecule has 3 atom stereocenters. The van der Waals surface area contributed by atoms with E-state index in [1.165, 1.54) is 23.6 Å². The van der Waals surface area contributed by atoms with E-state index in [9.17, 15) is 36.9 Å². The zero-order valence-electron chi connectivity index (χ0n) is 34.5. The van der Waals surface area contributed by atoms with Crippen molar-refractivity contribution in [3.05, 3.63) is 29.3 Å². The summed E-state index contributed by atoms with van der Waals surface area (Å²) in [6, 6.07) is 2.48. The molecule has 328 valence electrons. The van der Waals surface area contributed by atoms with E-state index in [0.717, 1.165) is 16.0 Å². The number of oxime groups is 1. The molecular weight excluding hydrogens is 849 g/mol. The van der Waals surface area contributed by atoms with Gasteiger partial charge in [-0.2, -0.15) is 8.42 Å². The van der Waals surface area contributed by atoms with Gasteiger partial charge in [0, 0.05) is 18.5 Å². The minimum atomic E-state index is -4.90. The van der Waals surface area contributed by atoms with Crippen molar-refractivity contribution in [1.29, 1.82) is 0 Å². The van der Waals surface area contributed by atoms with Gasteiger partial charge in [-0.15, -0.1) is 11.3 Å². The van der Waals surface area contributed by atoms with Crippen molar-refractivity contribution in [2.24, 2.45) is 5.16 Å². The maximum absolute atomic E-state index is 13.7. The molecule has 1 unspecified atom stereocenters. The highest BCUT2D eigenvalue weighted by Crippen LogP contribution is 2.31. The van der Waals surface area contributed by atoms with E-state index in [-0.39, 0.29) is 27.3 Å². The summed E-state index contributed by atoms with van der Waals surface area (Å²) in [7, 11) is -4.90. The maximum Gasteiger partial charge on any atom is 0.413 e.